The van der Waals surface area contributed by atoms with E-state index in [-0.39, 0.29) is 0 Å². The second-order valence-electron chi connectivity index (χ2n) is 6.10. The standard InChI is InChI=1S/C20H22N4O2S/c1-2-21-20-24(18(15-27-20)19-4-3-11-26-19)22-14-16-5-7-17(8-6-16)23-9-12-25-13-10-23/h3-8,11,14-15H,2,9-10,12-13H2,1H3. The fourth-order valence-corrected chi connectivity index (χ4v) is 3.85. The molecule has 0 spiro atoms. The maximum Gasteiger partial charge on any atom is 0.206 e. The molecule has 3 heterocycles. The molecule has 0 radical (unpaired) electrons. The quantitative estimate of drug-likeness (QED) is 0.635. The van der Waals surface area contributed by atoms with E-state index in [0.717, 1.165) is 48.1 Å². The Kier molecular flexibility index (Phi) is 5.50. The minimum Gasteiger partial charge on any atom is -0.463 e. The van der Waals surface area contributed by atoms with Crippen molar-refractivity contribution in [3.8, 4) is 11.5 Å². The summed E-state index contributed by atoms with van der Waals surface area (Å²) in [6.45, 7) is 6.18. The number of morpholine rings is 1. The SMILES string of the molecule is CCN=c1scc(-c2ccco2)n1N=Cc1ccc(N2CCOCC2)cc1. The Hall–Kier alpha value is -2.64. The number of anilines is 1. The molecule has 7 heteroatoms. The summed E-state index contributed by atoms with van der Waals surface area (Å²) in [6, 6.07) is 12.3. The predicted octanol–water partition coefficient (Wildman–Crippen LogP) is 3.45. The number of benzene rings is 1. The van der Waals surface area contributed by atoms with Crippen LogP contribution in [0.4, 0.5) is 5.69 Å². The first-order chi connectivity index (χ1) is 13.3. The minimum absolute atomic E-state index is 0.710. The molecule has 27 heavy (non-hydrogen) atoms. The van der Waals surface area contributed by atoms with E-state index in [4.69, 9.17) is 9.15 Å². The molecule has 1 saturated heterocycles. The van der Waals surface area contributed by atoms with E-state index < -0.39 is 0 Å². The number of thiazole rings is 1. The first-order valence-corrected chi connectivity index (χ1v) is 9.95. The molecule has 0 amide bonds. The molecule has 1 aromatic carbocycles. The lowest BCUT2D eigenvalue weighted by atomic mass is 10.2. The van der Waals surface area contributed by atoms with E-state index in [1.807, 2.05) is 35.3 Å². The Balaban J connectivity index is 1.59. The topological polar surface area (TPSA) is 55.3 Å². The van der Waals surface area contributed by atoms with Gasteiger partial charge >= 0.3 is 0 Å². The van der Waals surface area contributed by atoms with Gasteiger partial charge in [-0.25, -0.2) is 4.68 Å². The lowest BCUT2D eigenvalue weighted by molar-refractivity contribution is 0.122. The van der Waals surface area contributed by atoms with Crippen LogP contribution in [0.15, 0.2) is 62.6 Å². The maximum atomic E-state index is 5.54. The average molecular weight is 382 g/mol. The third-order valence-corrected chi connectivity index (χ3v) is 5.20. The van der Waals surface area contributed by atoms with Crippen molar-refractivity contribution in [3.05, 3.63) is 58.4 Å². The molecule has 0 bridgehead atoms. The van der Waals surface area contributed by atoms with Crippen LogP contribution in [0.1, 0.15) is 12.5 Å². The van der Waals surface area contributed by atoms with E-state index in [1.54, 1.807) is 17.6 Å². The Bertz CT molecular complexity index is 949. The van der Waals surface area contributed by atoms with E-state index in [0.29, 0.717) is 6.54 Å². The van der Waals surface area contributed by atoms with Crippen LogP contribution in [0.2, 0.25) is 0 Å². The van der Waals surface area contributed by atoms with Gasteiger partial charge in [0.2, 0.25) is 4.80 Å². The fraction of sp³-hybridized carbons (Fsp3) is 0.300. The predicted molar refractivity (Wildman–Crippen MR) is 109 cm³/mol. The molecule has 0 aliphatic carbocycles. The zero-order valence-corrected chi connectivity index (χ0v) is 16.1. The second kappa shape index (κ2) is 8.37. The Morgan fingerprint density at radius 3 is 2.67 bits per heavy atom. The summed E-state index contributed by atoms with van der Waals surface area (Å²) < 4.78 is 12.8. The molecule has 0 N–H and O–H groups in total. The second-order valence-corrected chi connectivity index (χ2v) is 6.94. The molecule has 2 aromatic heterocycles. The largest absolute Gasteiger partial charge is 0.463 e. The smallest absolute Gasteiger partial charge is 0.206 e. The van der Waals surface area contributed by atoms with Crippen molar-refractivity contribution in [3.63, 3.8) is 0 Å². The molecular formula is C20H22N4O2S. The number of furan rings is 1. The normalized spacial score (nSPS) is 15.7. The summed E-state index contributed by atoms with van der Waals surface area (Å²) in [6.07, 6.45) is 3.53. The molecule has 3 aromatic rings. The van der Waals surface area contributed by atoms with Crippen molar-refractivity contribution in [1.29, 1.82) is 0 Å². The van der Waals surface area contributed by atoms with Gasteiger partial charge in [0.1, 0.15) is 5.69 Å². The van der Waals surface area contributed by atoms with Crippen molar-refractivity contribution < 1.29 is 9.15 Å². The van der Waals surface area contributed by atoms with Gasteiger partial charge in [0.05, 0.1) is 25.7 Å². The molecule has 4 rings (SSSR count). The van der Waals surface area contributed by atoms with Crippen molar-refractivity contribution in [2.45, 2.75) is 6.92 Å². The summed E-state index contributed by atoms with van der Waals surface area (Å²) in [4.78, 5) is 7.72. The number of rotatable bonds is 5. The molecule has 0 saturated carbocycles. The molecule has 1 fully saturated rings. The minimum atomic E-state index is 0.710. The van der Waals surface area contributed by atoms with Crippen LogP contribution >= 0.6 is 11.3 Å². The van der Waals surface area contributed by atoms with Crippen LogP contribution in [0.5, 0.6) is 0 Å². The molecule has 0 unspecified atom stereocenters. The van der Waals surface area contributed by atoms with Gasteiger partial charge in [-0.15, -0.1) is 11.3 Å². The number of ether oxygens (including phenoxy) is 1. The van der Waals surface area contributed by atoms with E-state index in [1.165, 1.54) is 5.69 Å². The number of hydrogen-bond donors (Lipinski definition) is 0. The first-order valence-electron chi connectivity index (χ1n) is 9.07. The zero-order chi connectivity index (χ0) is 18.5. The number of nitrogens with zero attached hydrogens (tertiary/aromatic N) is 4. The lowest BCUT2D eigenvalue weighted by Crippen LogP contribution is -2.36. The summed E-state index contributed by atoms with van der Waals surface area (Å²) >= 11 is 1.56. The summed E-state index contributed by atoms with van der Waals surface area (Å²) in [5, 5.41) is 6.69. The van der Waals surface area contributed by atoms with Crippen molar-refractivity contribution in [2.24, 2.45) is 10.1 Å². The van der Waals surface area contributed by atoms with Gasteiger partial charge in [-0.05, 0) is 36.8 Å². The maximum absolute atomic E-state index is 5.54. The third kappa shape index (κ3) is 4.04. The Labute approximate surface area is 162 Å². The molecule has 1 aliphatic rings. The van der Waals surface area contributed by atoms with Crippen molar-refractivity contribution in [1.82, 2.24) is 4.68 Å². The number of hydrogen-bond acceptors (Lipinski definition) is 6. The van der Waals surface area contributed by atoms with Crippen LogP contribution < -0.4 is 9.70 Å². The van der Waals surface area contributed by atoms with Crippen LogP contribution in [0.25, 0.3) is 11.5 Å². The van der Waals surface area contributed by atoms with Crippen LogP contribution in [0, 0.1) is 0 Å². The molecule has 140 valence electrons. The van der Waals surface area contributed by atoms with Gasteiger partial charge in [-0.3, -0.25) is 4.99 Å². The lowest BCUT2D eigenvalue weighted by Gasteiger charge is -2.28. The molecule has 6 nitrogen and oxygen atoms in total. The van der Waals surface area contributed by atoms with Crippen LogP contribution in [0.3, 0.4) is 0 Å². The van der Waals surface area contributed by atoms with E-state index in [2.05, 4.69) is 39.3 Å². The molecule has 0 atom stereocenters. The summed E-state index contributed by atoms with van der Waals surface area (Å²) in [5.41, 5.74) is 3.16. The zero-order valence-electron chi connectivity index (χ0n) is 15.2. The first kappa shape index (κ1) is 17.8. The average Bonchev–Trinajstić information content (AvgIpc) is 3.38. The van der Waals surface area contributed by atoms with Crippen molar-refractivity contribution in [2.75, 3.05) is 37.7 Å². The highest BCUT2D eigenvalue weighted by molar-refractivity contribution is 7.07. The summed E-state index contributed by atoms with van der Waals surface area (Å²) in [7, 11) is 0. The number of aromatic nitrogens is 1. The summed E-state index contributed by atoms with van der Waals surface area (Å²) in [5.74, 6) is 0.781. The van der Waals surface area contributed by atoms with Crippen LogP contribution in [-0.4, -0.2) is 43.7 Å². The Morgan fingerprint density at radius 1 is 1.15 bits per heavy atom. The highest BCUT2D eigenvalue weighted by Crippen LogP contribution is 2.21. The Morgan fingerprint density at radius 2 is 1.96 bits per heavy atom. The van der Waals surface area contributed by atoms with E-state index in [9.17, 15) is 0 Å². The highest BCUT2D eigenvalue weighted by Gasteiger charge is 2.11. The monoisotopic (exact) mass is 382 g/mol. The highest BCUT2D eigenvalue weighted by atomic mass is 32.1. The van der Waals surface area contributed by atoms with Gasteiger partial charge in [0.25, 0.3) is 0 Å². The van der Waals surface area contributed by atoms with Crippen LogP contribution in [-0.2, 0) is 4.74 Å². The van der Waals surface area contributed by atoms with Gasteiger partial charge in [-0.1, -0.05) is 12.1 Å². The molecular weight excluding hydrogens is 360 g/mol. The fourth-order valence-electron chi connectivity index (χ4n) is 2.97. The van der Waals surface area contributed by atoms with Gasteiger partial charge in [0, 0.05) is 30.7 Å². The van der Waals surface area contributed by atoms with Gasteiger partial charge < -0.3 is 14.1 Å². The van der Waals surface area contributed by atoms with Gasteiger partial charge in [0.15, 0.2) is 5.76 Å². The molecule has 1 aliphatic heterocycles. The van der Waals surface area contributed by atoms with Crippen molar-refractivity contribution >= 4 is 23.2 Å². The third-order valence-electron chi connectivity index (χ3n) is 4.34. The van der Waals surface area contributed by atoms with E-state index >= 15 is 0 Å². The van der Waals surface area contributed by atoms with Gasteiger partial charge in [-0.2, -0.15) is 5.10 Å².